The maximum Gasteiger partial charge on any atom is 0.407 e. The van der Waals surface area contributed by atoms with Crippen LogP contribution < -0.4 is 20.0 Å². The Morgan fingerprint density at radius 3 is 1.33 bits per heavy atom. The number of esters is 1. The van der Waals surface area contributed by atoms with Crippen molar-refractivity contribution >= 4 is 214 Å². The number of rotatable bonds is 25. The van der Waals surface area contributed by atoms with Gasteiger partial charge in [-0.05, 0) is 138 Å². The molecule has 0 saturated heterocycles. The Balaban J connectivity index is 0.000000464. The van der Waals surface area contributed by atoms with E-state index in [0.717, 1.165) is 52.5 Å². The molecular formula is C65H74B21N4O9. The fourth-order valence-corrected chi connectivity index (χ4v) is 10.5. The molecule has 1 aliphatic carbocycles. The van der Waals surface area contributed by atoms with Gasteiger partial charge in [0.05, 0.1) is 18.8 Å². The van der Waals surface area contributed by atoms with Gasteiger partial charge in [-0.2, -0.15) is 0 Å². The fourth-order valence-electron chi connectivity index (χ4n) is 10.5. The van der Waals surface area contributed by atoms with Crippen molar-refractivity contribution in [1.82, 2.24) is 5.32 Å². The van der Waals surface area contributed by atoms with Gasteiger partial charge < -0.3 is 25.0 Å². The summed E-state index contributed by atoms with van der Waals surface area (Å²) in [5, 5.41) is 21.3. The normalized spacial score (nSPS) is 12.5. The molecule has 471 valence electrons. The van der Waals surface area contributed by atoms with Gasteiger partial charge in [0, 0.05) is 208 Å². The van der Waals surface area contributed by atoms with E-state index >= 15 is 0 Å². The topological polar surface area (TPSA) is 166 Å². The van der Waals surface area contributed by atoms with Crippen molar-refractivity contribution in [2.24, 2.45) is 0 Å². The van der Waals surface area contributed by atoms with Crippen LogP contribution in [0.5, 0.6) is 0 Å². The average molecular weight is 1280 g/mol. The van der Waals surface area contributed by atoms with Crippen molar-refractivity contribution in [1.29, 1.82) is 0 Å². The minimum absolute atomic E-state index is 0. The second-order valence-electron chi connectivity index (χ2n) is 22.7. The summed E-state index contributed by atoms with van der Waals surface area (Å²) < 4.78 is 10.4. The lowest BCUT2D eigenvalue weighted by Crippen LogP contribution is -2.81. The largest absolute Gasteiger partial charge is 0.459 e. The van der Waals surface area contributed by atoms with E-state index in [-0.39, 0.29) is 45.0 Å². The Hall–Kier alpha value is -7.47. The number of nitrogens with zero attached hydrogens (tertiary/aromatic N) is 3. The second-order valence-corrected chi connectivity index (χ2v) is 22.7. The second kappa shape index (κ2) is 47.6. The van der Waals surface area contributed by atoms with Crippen LogP contribution in [0.1, 0.15) is 74.7 Å². The Labute approximate surface area is 608 Å². The number of hydrogen-bond acceptors (Lipinski definition) is 9. The first-order valence-corrected chi connectivity index (χ1v) is 31.9. The van der Waals surface area contributed by atoms with Crippen LogP contribution >= 0.6 is 0 Å². The molecule has 0 heterocycles. The van der Waals surface area contributed by atoms with Crippen LogP contribution in [0.25, 0.3) is 0 Å². The van der Waals surface area contributed by atoms with E-state index in [9.17, 15) is 34.2 Å². The van der Waals surface area contributed by atoms with Crippen molar-refractivity contribution in [3.05, 3.63) is 218 Å². The van der Waals surface area contributed by atoms with Crippen molar-refractivity contribution in [3.8, 4) is 11.8 Å². The lowest BCUT2D eigenvalue weighted by atomic mass is 8.38. The van der Waals surface area contributed by atoms with Crippen LogP contribution in [-0.2, 0) is 28.7 Å². The first-order valence-electron chi connectivity index (χ1n) is 31.9. The summed E-state index contributed by atoms with van der Waals surface area (Å²) in [4.78, 5) is 66.6. The first kappa shape index (κ1) is 87.6. The zero-order chi connectivity index (χ0) is 71.4. The number of benzene rings is 6. The van der Waals surface area contributed by atoms with E-state index in [1.54, 1.807) is 36.6 Å². The molecule has 0 unspecified atom stereocenters. The Kier molecular flexibility index (Phi) is 42.1. The van der Waals surface area contributed by atoms with Gasteiger partial charge in [0.15, 0.2) is 0 Å². The van der Waals surface area contributed by atoms with Crippen LogP contribution in [0.15, 0.2) is 218 Å². The minimum atomic E-state index is -0.879. The van der Waals surface area contributed by atoms with Crippen molar-refractivity contribution in [2.75, 3.05) is 21.3 Å². The SMILES string of the molecule is C.C.CCOC(=O)N[C@@H]1CCC=C(/C=C/C(=O)O[C@H](C)CCC(=O)N(c2ccccc2)c2ccccc2)C1.C[C@@H](O)/C=C\C(=O)N(c1ccccc1)c1ccccc1.C[C@@H](O)C#CC(=O)N(c1ccccc1)c1ccccc1.[B][B]B(B([B])[B])B(B(B([B])[B])B([B])[B])B(B([B])[B])B([B])[B]. The Morgan fingerprint density at radius 2 is 0.980 bits per heavy atom. The van der Waals surface area contributed by atoms with E-state index < -0.39 is 87.8 Å². The average Bonchev–Trinajstić information content (AvgIpc) is 0.816. The summed E-state index contributed by atoms with van der Waals surface area (Å²) >= 11 is 0. The third-order valence-corrected chi connectivity index (χ3v) is 15.0. The fraction of sp³-hybridized carbons (Fsp3) is 0.246. The molecule has 0 aliphatic heterocycles. The van der Waals surface area contributed by atoms with Crippen LogP contribution in [-0.4, -0.2) is 221 Å². The van der Waals surface area contributed by atoms with Gasteiger partial charge in [0.1, 0.15) is 6.10 Å². The minimum Gasteiger partial charge on any atom is -0.459 e. The molecule has 7 rings (SSSR count). The summed E-state index contributed by atoms with van der Waals surface area (Å²) in [5.74, 6) is 3.85. The molecule has 0 bridgehead atoms. The smallest absolute Gasteiger partial charge is 0.407 e. The molecule has 3 N–H and O–H groups in total. The molecule has 99 heavy (non-hydrogen) atoms. The summed E-state index contributed by atoms with van der Waals surface area (Å²) in [5.41, 5.74) is 5.60. The van der Waals surface area contributed by atoms with Crippen LogP contribution in [0.4, 0.5) is 38.9 Å². The highest BCUT2D eigenvalue weighted by atomic mass is 16.5. The molecule has 0 fully saturated rings. The van der Waals surface area contributed by atoms with Gasteiger partial charge in [-0.3, -0.25) is 29.1 Å². The zero-order valence-electron chi connectivity index (χ0n) is 55.5. The summed E-state index contributed by atoms with van der Waals surface area (Å²) in [6.07, 6.45) is 1.86. The molecule has 13 nitrogen and oxygen atoms in total. The number of allylic oxidation sites excluding steroid dienone is 2. The standard InChI is InChI=1S/C29H34N2O5.C17H17NO2.C17H15NO2.2CH4.B21/c1-3-35-29(34)30-24-12-10-11-23(21-24)18-20-28(33)36-22(2)17-19-27(32)31(25-13-6-4-7-14-25)26-15-8-5-9-16-26;2*1-14(19)12-13-17(20)18(15-8-4-2-5-9-15)16-10-6-3-7-11-16;;;1-12-18(13(2)3)21(19(14(4)5)15(6)7)20(16(8)9)17(10)11/h4-9,11,13-16,18,20,22,24H,3,10,12,17,19,21H2,1-2H3,(H,30,34);2-14,19H,1H3;2-11,14,19H,1H3;2*1H4;/b20-18+;13-12-;;;;/t22-,24-;2*14-;;;/m111.../s1. The van der Waals surface area contributed by atoms with E-state index in [0.29, 0.717) is 19.4 Å². The zero-order valence-corrected chi connectivity index (χ0v) is 55.5. The lowest BCUT2D eigenvalue weighted by Gasteiger charge is -2.43. The predicted molar refractivity (Wildman–Crippen MR) is 434 cm³/mol. The number of para-hydroxylation sites is 6. The number of aliphatic hydroxyl groups is 2. The highest BCUT2D eigenvalue weighted by molar-refractivity contribution is 8.20. The van der Waals surface area contributed by atoms with Crippen LogP contribution in [0.2, 0.25) is 0 Å². The molecule has 0 saturated carbocycles. The van der Waals surface area contributed by atoms with Crippen LogP contribution in [0.3, 0.4) is 0 Å². The molecule has 4 atom stereocenters. The maximum absolute atomic E-state index is 13.1. The third-order valence-electron chi connectivity index (χ3n) is 15.0. The first-order chi connectivity index (χ1) is 46.4. The summed E-state index contributed by atoms with van der Waals surface area (Å²) in [6.45, 7) is 7.01. The summed E-state index contributed by atoms with van der Waals surface area (Å²) in [6, 6.07) is 56.4. The monoisotopic (exact) mass is 1290 g/mol. The molecule has 0 aromatic heterocycles. The van der Waals surface area contributed by atoms with Gasteiger partial charge in [-0.25, -0.2) is 9.59 Å². The quantitative estimate of drug-likeness (QED) is 0.0305. The van der Waals surface area contributed by atoms with Gasteiger partial charge in [0.2, 0.25) is 5.91 Å². The number of amides is 4. The number of carbonyl (C=O) groups is 5. The molecule has 34 heteroatoms. The maximum atomic E-state index is 13.1. The number of hydrogen-bond donors (Lipinski definition) is 3. The Bertz CT molecular complexity index is 3310. The molecule has 0 spiro atoms. The van der Waals surface area contributed by atoms with Crippen molar-refractivity contribution in [3.63, 3.8) is 0 Å². The van der Waals surface area contributed by atoms with Gasteiger partial charge in [-0.15, -0.1) is 0 Å². The number of nitrogens with one attached hydrogen (secondary N) is 1. The van der Waals surface area contributed by atoms with E-state index in [1.807, 2.05) is 182 Å². The molecule has 1 aliphatic rings. The highest BCUT2D eigenvalue weighted by Crippen LogP contribution is 2.29. The molecule has 6 aromatic carbocycles. The number of aliphatic hydroxyl groups excluding tert-OH is 2. The number of ether oxygens (including phenoxy) is 2. The van der Waals surface area contributed by atoms with Gasteiger partial charge in [0.25, 0.3) is 5.91 Å². The van der Waals surface area contributed by atoms with Gasteiger partial charge in [-0.1, -0.05) is 148 Å². The third kappa shape index (κ3) is 30.9. The highest BCUT2D eigenvalue weighted by Gasteiger charge is 2.45. The molecule has 6 aromatic rings. The number of carbonyl (C=O) groups excluding carboxylic acids is 5. The van der Waals surface area contributed by atoms with E-state index in [1.165, 1.54) is 37.1 Å². The van der Waals surface area contributed by atoms with Crippen molar-refractivity contribution in [2.45, 2.75) is 99.0 Å². The number of alkyl carbamates (subject to hydrolysis) is 1. The molecule has 23 radical (unpaired) electrons. The predicted octanol–water partition coefficient (Wildman–Crippen LogP) is 5.14. The lowest BCUT2D eigenvalue weighted by molar-refractivity contribution is -0.143. The van der Waals surface area contributed by atoms with Gasteiger partial charge >= 0.3 is 18.0 Å². The van der Waals surface area contributed by atoms with Crippen molar-refractivity contribution < 1.29 is 43.7 Å². The molecule has 4 amide bonds. The van der Waals surface area contributed by atoms with E-state index in [2.05, 4.69) is 23.2 Å². The van der Waals surface area contributed by atoms with E-state index in [4.69, 9.17) is 94.6 Å². The summed E-state index contributed by atoms with van der Waals surface area (Å²) in [7, 11) is 64.8. The number of anilines is 6. The molecular weight excluding hydrogens is 1210 g/mol. The Morgan fingerprint density at radius 1 is 0.586 bits per heavy atom. The van der Waals surface area contributed by atoms with Crippen LogP contribution in [0, 0.1) is 11.8 Å².